The van der Waals surface area contributed by atoms with Crippen LogP contribution in [0.4, 0.5) is 0 Å². The zero-order chi connectivity index (χ0) is 14.9. The maximum Gasteiger partial charge on any atom is 0.0647 e. The average Bonchev–Trinajstić information content (AvgIpc) is 2.53. The molecule has 0 unspecified atom stereocenters. The van der Waals surface area contributed by atoms with E-state index in [0.717, 1.165) is 43.5 Å². The van der Waals surface area contributed by atoms with Gasteiger partial charge in [0, 0.05) is 20.3 Å². The first-order chi connectivity index (χ1) is 10.3. The van der Waals surface area contributed by atoms with Gasteiger partial charge in [0.1, 0.15) is 0 Å². The fourth-order valence-corrected chi connectivity index (χ4v) is 4.29. The predicted molar refractivity (Wildman–Crippen MR) is 88.4 cm³/mol. The van der Waals surface area contributed by atoms with Crippen molar-refractivity contribution in [2.45, 2.75) is 58.3 Å². The fourth-order valence-electron chi connectivity index (χ4n) is 4.29. The quantitative estimate of drug-likeness (QED) is 0.494. The van der Waals surface area contributed by atoms with E-state index in [2.05, 4.69) is 19.1 Å². The van der Waals surface area contributed by atoms with Gasteiger partial charge in [-0.3, -0.25) is 0 Å². The van der Waals surface area contributed by atoms with Gasteiger partial charge in [-0.2, -0.15) is 0 Å². The molecule has 0 aromatic rings. The Morgan fingerprint density at radius 1 is 0.810 bits per heavy atom. The molecule has 2 saturated carbocycles. The Morgan fingerprint density at radius 3 is 1.81 bits per heavy atom. The van der Waals surface area contributed by atoms with Crippen LogP contribution in [0.3, 0.4) is 0 Å². The van der Waals surface area contributed by atoms with Crippen molar-refractivity contribution in [3.8, 4) is 0 Å². The van der Waals surface area contributed by atoms with Crippen LogP contribution >= 0.6 is 0 Å². The molecule has 0 aromatic heterocycles. The Balaban J connectivity index is 1.61. The third kappa shape index (κ3) is 5.75. The molecule has 0 aliphatic heterocycles. The zero-order valence-electron chi connectivity index (χ0n) is 14.1. The number of rotatable bonds is 7. The summed E-state index contributed by atoms with van der Waals surface area (Å²) in [5.74, 6) is 3.65. The molecule has 0 amide bonds. The maximum atomic E-state index is 5.73. The summed E-state index contributed by atoms with van der Waals surface area (Å²) >= 11 is 0. The molecular weight excluding hydrogens is 260 g/mol. The second-order valence-corrected chi connectivity index (χ2v) is 7.12. The predicted octanol–water partition coefficient (Wildman–Crippen LogP) is 4.84. The van der Waals surface area contributed by atoms with Crippen LogP contribution in [0.2, 0.25) is 0 Å². The SMILES string of the molecule is C/C=C\COCC1CCC(C2CCC(COC)CC2)CC1. The molecule has 2 fully saturated rings. The van der Waals surface area contributed by atoms with Crippen molar-refractivity contribution in [1.82, 2.24) is 0 Å². The van der Waals surface area contributed by atoms with Crippen LogP contribution in [0, 0.1) is 23.7 Å². The van der Waals surface area contributed by atoms with E-state index >= 15 is 0 Å². The topological polar surface area (TPSA) is 18.5 Å². The average molecular weight is 294 g/mol. The summed E-state index contributed by atoms with van der Waals surface area (Å²) in [6.07, 6.45) is 15.5. The third-order valence-corrected chi connectivity index (χ3v) is 5.66. The van der Waals surface area contributed by atoms with Gasteiger partial charge in [0.2, 0.25) is 0 Å². The van der Waals surface area contributed by atoms with Crippen molar-refractivity contribution >= 4 is 0 Å². The molecule has 122 valence electrons. The Kier molecular flexibility index (Phi) is 7.81. The van der Waals surface area contributed by atoms with Crippen LogP contribution in [-0.2, 0) is 9.47 Å². The van der Waals surface area contributed by atoms with Gasteiger partial charge in [0.05, 0.1) is 6.61 Å². The van der Waals surface area contributed by atoms with E-state index in [1.54, 1.807) is 0 Å². The highest BCUT2D eigenvalue weighted by Gasteiger charge is 2.30. The molecule has 0 N–H and O–H groups in total. The minimum atomic E-state index is 0.792. The summed E-state index contributed by atoms with van der Waals surface area (Å²) in [7, 11) is 1.84. The molecule has 2 aliphatic rings. The van der Waals surface area contributed by atoms with Crippen molar-refractivity contribution in [2.24, 2.45) is 23.7 Å². The lowest BCUT2D eigenvalue weighted by molar-refractivity contribution is 0.0686. The molecule has 0 heterocycles. The van der Waals surface area contributed by atoms with E-state index < -0.39 is 0 Å². The molecule has 0 bridgehead atoms. The highest BCUT2D eigenvalue weighted by Crippen LogP contribution is 2.41. The number of hydrogen-bond donors (Lipinski definition) is 0. The number of ether oxygens (including phenoxy) is 2. The lowest BCUT2D eigenvalue weighted by atomic mass is 9.69. The summed E-state index contributed by atoms with van der Waals surface area (Å²) < 4.78 is 11.0. The Bertz CT molecular complexity index is 284. The third-order valence-electron chi connectivity index (χ3n) is 5.66. The molecule has 0 aromatic carbocycles. The van der Waals surface area contributed by atoms with Crippen LogP contribution in [-0.4, -0.2) is 26.9 Å². The molecule has 2 aliphatic carbocycles. The summed E-state index contributed by atoms with van der Waals surface area (Å²) in [6.45, 7) is 4.79. The Labute approximate surface area is 131 Å². The molecule has 21 heavy (non-hydrogen) atoms. The van der Waals surface area contributed by atoms with Crippen LogP contribution < -0.4 is 0 Å². The highest BCUT2D eigenvalue weighted by atomic mass is 16.5. The largest absolute Gasteiger partial charge is 0.384 e. The molecule has 2 rings (SSSR count). The van der Waals surface area contributed by atoms with E-state index in [1.165, 1.54) is 51.4 Å². The molecular formula is C19H34O2. The van der Waals surface area contributed by atoms with E-state index in [0.29, 0.717) is 0 Å². The monoisotopic (exact) mass is 294 g/mol. The first-order valence-corrected chi connectivity index (χ1v) is 9.01. The Morgan fingerprint density at radius 2 is 1.33 bits per heavy atom. The number of methoxy groups -OCH3 is 1. The van der Waals surface area contributed by atoms with Crippen molar-refractivity contribution in [3.63, 3.8) is 0 Å². The van der Waals surface area contributed by atoms with Gasteiger partial charge in [-0.25, -0.2) is 0 Å². The number of hydrogen-bond acceptors (Lipinski definition) is 2. The summed E-state index contributed by atoms with van der Waals surface area (Å²) in [5, 5.41) is 0. The normalized spacial score (nSPS) is 34.4. The van der Waals surface area contributed by atoms with Gasteiger partial charge in [-0.15, -0.1) is 0 Å². The van der Waals surface area contributed by atoms with Crippen molar-refractivity contribution in [3.05, 3.63) is 12.2 Å². The minimum Gasteiger partial charge on any atom is -0.384 e. The van der Waals surface area contributed by atoms with Crippen molar-refractivity contribution < 1.29 is 9.47 Å². The molecule has 0 spiro atoms. The first-order valence-electron chi connectivity index (χ1n) is 9.01. The molecule has 0 atom stereocenters. The fraction of sp³-hybridized carbons (Fsp3) is 0.895. The van der Waals surface area contributed by atoms with Crippen LogP contribution in [0.15, 0.2) is 12.2 Å². The summed E-state index contributed by atoms with van der Waals surface area (Å²) in [6, 6.07) is 0. The van der Waals surface area contributed by atoms with Gasteiger partial charge in [0.25, 0.3) is 0 Å². The summed E-state index contributed by atoms with van der Waals surface area (Å²) in [4.78, 5) is 0. The second kappa shape index (κ2) is 9.63. The smallest absolute Gasteiger partial charge is 0.0647 e. The zero-order valence-corrected chi connectivity index (χ0v) is 14.1. The Hall–Kier alpha value is -0.340. The minimum absolute atomic E-state index is 0.792. The van der Waals surface area contributed by atoms with Gasteiger partial charge < -0.3 is 9.47 Å². The van der Waals surface area contributed by atoms with Gasteiger partial charge in [-0.05, 0) is 82.0 Å². The summed E-state index contributed by atoms with van der Waals surface area (Å²) in [5.41, 5.74) is 0. The molecule has 2 heteroatoms. The van der Waals surface area contributed by atoms with E-state index in [1.807, 2.05) is 7.11 Å². The maximum absolute atomic E-state index is 5.73. The van der Waals surface area contributed by atoms with Crippen LogP contribution in [0.25, 0.3) is 0 Å². The first kappa shape index (κ1) is 17.0. The van der Waals surface area contributed by atoms with Crippen molar-refractivity contribution in [1.29, 1.82) is 0 Å². The van der Waals surface area contributed by atoms with E-state index in [4.69, 9.17) is 9.47 Å². The lowest BCUT2D eigenvalue weighted by Gasteiger charge is -2.37. The van der Waals surface area contributed by atoms with E-state index in [-0.39, 0.29) is 0 Å². The second-order valence-electron chi connectivity index (χ2n) is 7.12. The van der Waals surface area contributed by atoms with Crippen LogP contribution in [0.1, 0.15) is 58.3 Å². The van der Waals surface area contributed by atoms with Crippen LogP contribution in [0.5, 0.6) is 0 Å². The van der Waals surface area contributed by atoms with Crippen molar-refractivity contribution in [2.75, 3.05) is 26.9 Å². The van der Waals surface area contributed by atoms with Gasteiger partial charge in [0.15, 0.2) is 0 Å². The van der Waals surface area contributed by atoms with E-state index in [9.17, 15) is 0 Å². The molecule has 0 saturated heterocycles. The number of allylic oxidation sites excluding steroid dienone is 1. The van der Waals surface area contributed by atoms with Gasteiger partial charge in [-0.1, -0.05) is 12.2 Å². The van der Waals surface area contributed by atoms with Gasteiger partial charge >= 0.3 is 0 Å². The molecule has 0 radical (unpaired) electrons. The highest BCUT2D eigenvalue weighted by molar-refractivity contribution is 4.82. The molecule has 2 nitrogen and oxygen atoms in total. The lowest BCUT2D eigenvalue weighted by Crippen LogP contribution is -2.28. The standard InChI is InChI=1S/C19H34O2/c1-3-4-13-21-15-17-7-11-19(12-8-17)18-9-5-16(6-10-18)14-20-2/h3-4,16-19H,5-15H2,1-2H3/b4-3-.